The summed E-state index contributed by atoms with van der Waals surface area (Å²) in [4.78, 5) is 21.9. The molecule has 0 unspecified atom stereocenters. The van der Waals surface area contributed by atoms with Gasteiger partial charge < -0.3 is 4.42 Å². The molecule has 2 aromatic rings. The van der Waals surface area contributed by atoms with E-state index in [1.807, 2.05) is 0 Å². The number of rotatable bonds is 3. The van der Waals surface area contributed by atoms with Gasteiger partial charge in [0.25, 0.3) is 5.91 Å². The van der Waals surface area contributed by atoms with E-state index in [0.29, 0.717) is 17.1 Å². The summed E-state index contributed by atoms with van der Waals surface area (Å²) in [6.45, 7) is 1.28. The Hall–Kier alpha value is -2.89. The Bertz CT molecular complexity index is 692. The molecular weight excluding hydrogens is 275 g/mol. The molecule has 0 saturated carbocycles. The molecule has 0 aliphatic heterocycles. The van der Waals surface area contributed by atoms with Crippen molar-refractivity contribution in [3.05, 3.63) is 54.1 Å². The van der Waals surface area contributed by atoms with Crippen LogP contribution >= 0.6 is 0 Å². The number of benzene rings is 1. The summed E-state index contributed by atoms with van der Waals surface area (Å²) in [5, 5.41) is 0. The van der Waals surface area contributed by atoms with Crippen LogP contribution in [0, 0.1) is 5.82 Å². The smallest absolute Gasteiger partial charge is 0.262 e. The summed E-state index contributed by atoms with van der Waals surface area (Å²) in [6, 6.07) is 9.47. The zero-order valence-electron chi connectivity index (χ0n) is 11.2. The molecule has 108 valence electrons. The van der Waals surface area contributed by atoms with Gasteiger partial charge in [0, 0.05) is 13.0 Å². The number of furan rings is 1. The maximum absolute atomic E-state index is 13.6. The number of halogens is 1. The lowest BCUT2D eigenvalue weighted by Gasteiger charge is -2.00. The summed E-state index contributed by atoms with van der Waals surface area (Å²) >= 11 is 0. The van der Waals surface area contributed by atoms with E-state index < -0.39 is 5.91 Å². The van der Waals surface area contributed by atoms with Crippen LogP contribution in [0.4, 0.5) is 4.39 Å². The number of hydrogen-bond donors (Lipinski definition) is 2. The molecule has 0 aliphatic rings. The van der Waals surface area contributed by atoms with E-state index in [-0.39, 0.29) is 11.7 Å². The van der Waals surface area contributed by atoms with Gasteiger partial charge in [-0.25, -0.2) is 4.39 Å². The van der Waals surface area contributed by atoms with Crippen molar-refractivity contribution in [3.8, 4) is 11.3 Å². The van der Waals surface area contributed by atoms with Gasteiger partial charge in [0.1, 0.15) is 17.3 Å². The van der Waals surface area contributed by atoms with Crippen LogP contribution in [-0.2, 0) is 9.59 Å². The summed E-state index contributed by atoms with van der Waals surface area (Å²) in [7, 11) is 0. The molecule has 21 heavy (non-hydrogen) atoms. The van der Waals surface area contributed by atoms with Crippen molar-refractivity contribution in [2.24, 2.45) is 0 Å². The van der Waals surface area contributed by atoms with Gasteiger partial charge in [-0.1, -0.05) is 12.1 Å². The molecule has 0 bridgehead atoms. The second-order valence-electron chi connectivity index (χ2n) is 4.19. The van der Waals surface area contributed by atoms with E-state index >= 15 is 0 Å². The molecule has 1 heterocycles. The number of carbonyl (C=O) groups is 2. The van der Waals surface area contributed by atoms with Crippen molar-refractivity contribution in [2.45, 2.75) is 6.92 Å². The van der Waals surface area contributed by atoms with E-state index in [2.05, 4.69) is 10.9 Å². The molecule has 2 rings (SSSR count). The molecule has 0 spiro atoms. The summed E-state index contributed by atoms with van der Waals surface area (Å²) < 4.78 is 19.0. The number of hydrogen-bond acceptors (Lipinski definition) is 3. The monoisotopic (exact) mass is 288 g/mol. The lowest BCUT2D eigenvalue weighted by atomic mass is 10.1. The van der Waals surface area contributed by atoms with Gasteiger partial charge in [-0.3, -0.25) is 20.4 Å². The van der Waals surface area contributed by atoms with Crippen molar-refractivity contribution in [1.29, 1.82) is 0 Å². The third-order valence-corrected chi connectivity index (χ3v) is 2.53. The van der Waals surface area contributed by atoms with E-state index in [9.17, 15) is 14.0 Å². The highest BCUT2D eigenvalue weighted by atomic mass is 19.1. The van der Waals surface area contributed by atoms with Crippen LogP contribution in [0.1, 0.15) is 12.7 Å². The van der Waals surface area contributed by atoms with Crippen molar-refractivity contribution in [2.75, 3.05) is 0 Å². The van der Waals surface area contributed by atoms with E-state index in [0.717, 1.165) is 0 Å². The molecule has 5 nitrogen and oxygen atoms in total. The minimum absolute atomic E-state index is 0.347. The maximum atomic E-state index is 13.6. The van der Waals surface area contributed by atoms with Crippen LogP contribution in [0.3, 0.4) is 0 Å². The Kier molecular flexibility index (Phi) is 4.50. The zero-order chi connectivity index (χ0) is 15.2. The van der Waals surface area contributed by atoms with Crippen molar-refractivity contribution in [3.63, 3.8) is 0 Å². The van der Waals surface area contributed by atoms with Gasteiger partial charge in [0.05, 0.1) is 5.56 Å². The highest BCUT2D eigenvalue weighted by Crippen LogP contribution is 2.25. The zero-order valence-corrected chi connectivity index (χ0v) is 11.2. The fourth-order valence-corrected chi connectivity index (χ4v) is 1.60. The first kappa shape index (κ1) is 14.5. The SMILES string of the molecule is CC(=O)NNC(=O)C=Cc1ccc(-c2ccccc2F)o1. The van der Waals surface area contributed by atoms with Crippen LogP contribution < -0.4 is 10.9 Å². The predicted octanol–water partition coefficient (Wildman–Crippen LogP) is 2.27. The summed E-state index contributed by atoms with van der Waals surface area (Å²) in [5.74, 6) is -0.502. The quantitative estimate of drug-likeness (QED) is 0.672. The molecule has 0 radical (unpaired) electrons. The van der Waals surface area contributed by atoms with Gasteiger partial charge in [0.15, 0.2) is 0 Å². The Morgan fingerprint density at radius 2 is 1.90 bits per heavy atom. The molecule has 0 saturated heterocycles. The first-order chi connectivity index (χ1) is 10.1. The Balaban J connectivity index is 2.05. The van der Waals surface area contributed by atoms with Crippen molar-refractivity contribution in [1.82, 2.24) is 10.9 Å². The van der Waals surface area contributed by atoms with Gasteiger partial charge in [-0.2, -0.15) is 0 Å². The fraction of sp³-hybridized carbons (Fsp3) is 0.0667. The molecule has 2 amide bonds. The predicted molar refractivity (Wildman–Crippen MR) is 75.1 cm³/mol. The largest absolute Gasteiger partial charge is 0.457 e. The van der Waals surface area contributed by atoms with Gasteiger partial charge >= 0.3 is 0 Å². The Morgan fingerprint density at radius 1 is 1.14 bits per heavy atom. The highest BCUT2D eigenvalue weighted by molar-refractivity contribution is 5.92. The number of hydrazine groups is 1. The molecule has 1 aromatic carbocycles. The highest BCUT2D eigenvalue weighted by Gasteiger charge is 2.08. The molecular formula is C15H13FN2O3. The minimum atomic E-state index is -0.506. The third kappa shape index (κ3) is 4.04. The normalized spacial score (nSPS) is 10.6. The standard InChI is InChI=1S/C15H13FN2O3/c1-10(19)17-18-15(20)9-7-11-6-8-14(21-11)12-4-2-3-5-13(12)16/h2-9H,1H3,(H,17,19)(H,18,20). The second-order valence-corrected chi connectivity index (χ2v) is 4.19. The first-order valence-electron chi connectivity index (χ1n) is 6.15. The molecule has 6 heteroatoms. The van der Waals surface area contributed by atoms with Crippen LogP contribution in [0.15, 0.2) is 46.9 Å². The molecule has 0 aliphatic carbocycles. The number of nitrogens with one attached hydrogen (secondary N) is 2. The van der Waals surface area contributed by atoms with Crippen molar-refractivity contribution < 1.29 is 18.4 Å². The van der Waals surface area contributed by atoms with Crippen LogP contribution in [0.2, 0.25) is 0 Å². The van der Waals surface area contributed by atoms with Gasteiger partial charge in [-0.05, 0) is 30.3 Å². The van der Waals surface area contributed by atoms with Crippen molar-refractivity contribution >= 4 is 17.9 Å². The van der Waals surface area contributed by atoms with Crippen LogP contribution in [0.25, 0.3) is 17.4 Å². The first-order valence-corrected chi connectivity index (χ1v) is 6.15. The third-order valence-electron chi connectivity index (χ3n) is 2.53. The van der Waals surface area contributed by atoms with E-state index in [1.54, 1.807) is 30.3 Å². The Labute approximate surface area is 120 Å². The summed E-state index contributed by atoms with van der Waals surface area (Å²) in [6.07, 6.45) is 2.61. The number of carbonyl (C=O) groups excluding carboxylic acids is 2. The van der Waals surface area contributed by atoms with E-state index in [1.165, 1.54) is 25.1 Å². The lowest BCUT2D eigenvalue weighted by molar-refractivity contribution is -0.125. The molecule has 2 N–H and O–H groups in total. The minimum Gasteiger partial charge on any atom is -0.457 e. The lowest BCUT2D eigenvalue weighted by Crippen LogP contribution is -2.39. The van der Waals surface area contributed by atoms with Crippen LogP contribution in [0.5, 0.6) is 0 Å². The molecule has 0 fully saturated rings. The average Bonchev–Trinajstić information content (AvgIpc) is 2.92. The van der Waals surface area contributed by atoms with Gasteiger partial charge in [0.2, 0.25) is 5.91 Å². The van der Waals surface area contributed by atoms with E-state index in [4.69, 9.17) is 4.42 Å². The number of amides is 2. The van der Waals surface area contributed by atoms with Gasteiger partial charge in [-0.15, -0.1) is 0 Å². The fourth-order valence-electron chi connectivity index (χ4n) is 1.60. The summed E-state index contributed by atoms with van der Waals surface area (Å²) in [5.41, 5.74) is 4.67. The molecule has 1 aromatic heterocycles. The topological polar surface area (TPSA) is 71.3 Å². The molecule has 0 atom stereocenters. The second kappa shape index (κ2) is 6.51. The Morgan fingerprint density at radius 3 is 2.62 bits per heavy atom. The average molecular weight is 288 g/mol. The maximum Gasteiger partial charge on any atom is 0.262 e. The van der Waals surface area contributed by atoms with Crippen LogP contribution in [-0.4, -0.2) is 11.8 Å².